The fraction of sp³-hybridized carbons (Fsp3) is 0.118. The van der Waals surface area contributed by atoms with Crippen molar-refractivity contribution in [3.8, 4) is 5.75 Å². The maximum Gasteiger partial charge on any atom is 0.329 e. The van der Waals surface area contributed by atoms with Gasteiger partial charge in [-0.2, -0.15) is 5.10 Å². The maximum atomic E-state index is 11.8. The van der Waals surface area contributed by atoms with Crippen LogP contribution in [0.15, 0.2) is 52.0 Å². The molecule has 7 heteroatoms. The molecule has 124 valence electrons. The van der Waals surface area contributed by atoms with E-state index in [0.29, 0.717) is 17.0 Å². The summed E-state index contributed by atoms with van der Waals surface area (Å²) in [4.78, 5) is 23.5. The lowest BCUT2D eigenvalue weighted by Gasteiger charge is -2.05. The number of nitrogens with one attached hydrogen (secondary N) is 2. The zero-order chi connectivity index (χ0) is 17.5. The van der Waals surface area contributed by atoms with Gasteiger partial charge in [0.25, 0.3) is 0 Å². The number of hydrogen-bond acceptors (Lipinski definition) is 4. The van der Waals surface area contributed by atoms with Crippen LogP contribution in [0.25, 0.3) is 0 Å². The molecule has 2 aromatic carbocycles. The first-order chi connectivity index (χ1) is 11.5. The number of hydrogen-bond donors (Lipinski definition) is 2. The van der Waals surface area contributed by atoms with E-state index in [1.165, 1.54) is 13.3 Å². The molecule has 6 nitrogen and oxygen atoms in total. The molecule has 0 atom stereocenters. The minimum atomic E-state index is -0.860. The van der Waals surface area contributed by atoms with E-state index in [1.54, 1.807) is 24.3 Å². The molecule has 24 heavy (non-hydrogen) atoms. The van der Waals surface area contributed by atoms with E-state index in [1.807, 2.05) is 25.1 Å². The van der Waals surface area contributed by atoms with Crippen LogP contribution in [-0.2, 0) is 9.59 Å². The lowest BCUT2D eigenvalue weighted by Crippen LogP contribution is -2.32. The van der Waals surface area contributed by atoms with Crippen molar-refractivity contribution >= 4 is 39.6 Å². The highest BCUT2D eigenvalue weighted by Gasteiger charge is 2.12. The summed E-state index contributed by atoms with van der Waals surface area (Å²) in [6.07, 6.45) is 1.40. The van der Waals surface area contributed by atoms with Gasteiger partial charge in [-0.3, -0.25) is 9.59 Å². The number of nitrogens with zero attached hydrogens (tertiary/aromatic N) is 1. The number of ether oxygens (including phenoxy) is 1. The van der Waals surface area contributed by atoms with Gasteiger partial charge in [0, 0.05) is 15.7 Å². The molecular formula is C17H16BrN3O3. The van der Waals surface area contributed by atoms with E-state index >= 15 is 0 Å². The standard InChI is InChI=1S/C17H16BrN3O3/c1-11-3-6-14(7-4-11)20-16(22)17(23)21-19-10-12-9-13(18)5-8-15(12)24-2/h3-10H,1-2H3,(H,20,22)(H,21,23)/b19-10-. The summed E-state index contributed by atoms with van der Waals surface area (Å²) in [7, 11) is 1.54. The molecule has 0 aliphatic carbocycles. The van der Waals surface area contributed by atoms with E-state index in [9.17, 15) is 9.59 Å². The van der Waals surface area contributed by atoms with Crippen LogP contribution in [0.5, 0.6) is 5.75 Å². The Balaban J connectivity index is 1.96. The number of anilines is 1. The highest BCUT2D eigenvalue weighted by atomic mass is 79.9. The third-order valence-electron chi connectivity index (χ3n) is 3.08. The molecule has 0 unspecified atom stereocenters. The largest absolute Gasteiger partial charge is 0.496 e. The Morgan fingerprint density at radius 1 is 1.12 bits per heavy atom. The quantitative estimate of drug-likeness (QED) is 0.479. The van der Waals surface area contributed by atoms with Gasteiger partial charge in [0.05, 0.1) is 13.3 Å². The van der Waals surface area contributed by atoms with Gasteiger partial charge in [0.15, 0.2) is 0 Å². The summed E-state index contributed by atoms with van der Waals surface area (Å²) in [5, 5.41) is 6.27. The van der Waals surface area contributed by atoms with Crippen LogP contribution < -0.4 is 15.5 Å². The number of benzene rings is 2. The molecule has 2 amide bonds. The summed E-state index contributed by atoms with van der Waals surface area (Å²) in [5.41, 5.74) is 4.44. The van der Waals surface area contributed by atoms with E-state index < -0.39 is 11.8 Å². The van der Waals surface area contributed by atoms with Crippen molar-refractivity contribution in [1.82, 2.24) is 5.43 Å². The molecule has 0 saturated heterocycles. The smallest absolute Gasteiger partial charge is 0.329 e. The molecule has 0 heterocycles. The monoisotopic (exact) mass is 389 g/mol. The summed E-state index contributed by atoms with van der Waals surface area (Å²) < 4.78 is 6.03. The topological polar surface area (TPSA) is 79.8 Å². The number of hydrazone groups is 1. The number of amides is 2. The molecule has 0 bridgehead atoms. The Morgan fingerprint density at radius 3 is 2.50 bits per heavy atom. The van der Waals surface area contributed by atoms with Gasteiger partial charge in [-0.05, 0) is 37.3 Å². The second-order valence-corrected chi connectivity index (χ2v) is 5.82. The average molecular weight is 390 g/mol. The van der Waals surface area contributed by atoms with Crippen LogP contribution in [0.1, 0.15) is 11.1 Å². The summed E-state index contributed by atoms with van der Waals surface area (Å²) in [6.45, 7) is 1.93. The van der Waals surface area contributed by atoms with Crippen molar-refractivity contribution < 1.29 is 14.3 Å². The predicted molar refractivity (Wildman–Crippen MR) is 96.2 cm³/mol. The maximum absolute atomic E-state index is 11.8. The first-order valence-electron chi connectivity index (χ1n) is 7.04. The van der Waals surface area contributed by atoms with Crippen LogP contribution in [0.3, 0.4) is 0 Å². The molecule has 0 radical (unpaired) electrons. The van der Waals surface area contributed by atoms with Crippen LogP contribution in [0.2, 0.25) is 0 Å². The molecule has 2 rings (SSSR count). The lowest BCUT2D eigenvalue weighted by molar-refractivity contribution is -0.136. The molecule has 2 aromatic rings. The third kappa shape index (κ3) is 4.92. The van der Waals surface area contributed by atoms with Gasteiger partial charge in [0.1, 0.15) is 5.75 Å². The minimum Gasteiger partial charge on any atom is -0.496 e. The summed E-state index contributed by atoms with van der Waals surface area (Å²) in [6, 6.07) is 12.5. The van der Waals surface area contributed by atoms with Gasteiger partial charge >= 0.3 is 11.8 Å². The zero-order valence-corrected chi connectivity index (χ0v) is 14.8. The molecule has 0 aliphatic rings. The molecule has 0 aromatic heterocycles. The average Bonchev–Trinajstić information content (AvgIpc) is 2.57. The number of carbonyl (C=O) groups is 2. The van der Waals surface area contributed by atoms with E-state index in [0.717, 1.165) is 10.0 Å². The van der Waals surface area contributed by atoms with E-state index in [2.05, 4.69) is 31.8 Å². The van der Waals surface area contributed by atoms with Gasteiger partial charge in [-0.1, -0.05) is 33.6 Å². The van der Waals surface area contributed by atoms with Crippen LogP contribution >= 0.6 is 15.9 Å². The van der Waals surface area contributed by atoms with Crippen molar-refractivity contribution in [3.05, 3.63) is 58.1 Å². The lowest BCUT2D eigenvalue weighted by atomic mass is 10.2. The van der Waals surface area contributed by atoms with Crippen LogP contribution in [0, 0.1) is 6.92 Å². The number of methoxy groups -OCH3 is 1. The first kappa shape index (κ1) is 17.7. The second kappa shape index (κ2) is 8.26. The zero-order valence-electron chi connectivity index (χ0n) is 13.2. The van der Waals surface area contributed by atoms with Crippen LogP contribution in [-0.4, -0.2) is 25.1 Å². The van der Waals surface area contributed by atoms with Crippen molar-refractivity contribution in [1.29, 1.82) is 0 Å². The van der Waals surface area contributed by atoms with Gasteiger partial charge in [-0.15, -0.1) is 0 Å². The van der Waals surface area contributed by atoms with E-state index in [-0.39, 0.29) is 0 Å². The van der Waals surface area contributed by atoms with Gasteiger partial charge in [0.2, 0.25) is 0 Å². The van der Waals surface area contributed by atoms with Crippen molar-refractivity contribution in [2.45, 2.75) is 6.92 Å². The second-order valence-electron chi connectivity index (χ2n) is 4.91. The van der Waals surface area contributed by atoms with Crippen molar-refractivity contribution in [3.63, 3.8) is 0 Å². The molecule has 0 saturated carbocycles. The Hall–Kier alpha value is -2.67. The number of halogens is 1. The molecule has 0 aliphatic heterocycles. The molecular weight excluding hydrogens is 374 g/mol. The Morgan fingerprint density at radius 2 is 1.83 bits per heavy atom. The van der Waals surface area contributed by atoms with Gasteiger partial charge < -0.3 is 10.1 Å². The highest BCUT2D eigenvalue weighted by molar-refractivity contribution is 9.10. The number of aryl methyl sites for hydroxylation is 1. The SMILES string of the molecule is COc1ccc(Br)cc1/C=N\NC(=O)C(=O)Nc1ccc(C)cc1. The molecule has 2 N–H and O–H groups in total. The van der Waals surface area contributed by atoms with E-state index in [4.69, 9.17) is 4.74 Å². The molecule has 0 spiro atoms. The molecule has 0 fully saturated rings. The summed E-state index contributed by atoms with van der Waals surface area (Å²) in [5.74, 6) is -1.06. The Bertz CT molecular complexity index is 773. The predicted octanol–water partition coefficient (Wildman–Crippen LogP) is 2.85. The van der Waals surface area contributed by atoms with Gasteiger partial charge in [-0.25, -0.2) is 5.43 Å². The Labute approximate surface area is 148 Å². The van der Waals surface area contributed by atoms with Crippen molar-refractivity contribution in [2.24, 2.45) is 5.10 Å². The number of rotatable bonds is 4. The summed E-state index contributed by atoms with van der Waals surface area (Å²) >= 11 is 3.34. The number of carbonyl (C=O) groups excluding carboxylic acids is 2. The third-order valence-corrected chi connectivity index (χ3v) is 3.57. The Kier molecular flexibility index (Phi) is 6.08. The highest BCUT2D eigenvalue weighted by Crippen LogP contribution is 2.21. The van der Waals surface area contributed by atoms with Crippen LogP contribution in [0.4, 0.5) is 5.69 Å². The van der Waals surface area contributed by atoms with Crippen molar-refractivity contribution in [2.75, 3.05) is 12.4 Å². The normalized spacial score (nSPS) is 10.5. The minimum absolute atomic E-state index is 0.540. The first-order valence-corrected chi connectivity index (χ1v) is 7.83. The fourth-order valence-corrected chi connectivity index (χ4v) is 2.22. The fourth-order valence-electron chi connectivity index (χ4n) is 1.84.